The maximum atomic E-state index is 13.0. The number of methoxy groups -OCH3 is 1. The second-order valence-corrected chi connectivity index (χ2v) is 4.17. The molecule has 0 bridgehead atoms. The zero-order chi connectivity index (χ0) is 15.2. The van der Waals surface area contributed by atoms with Crippen molar-refractivity contribution in [2.45, 2.75) is 6.54 Å². The lowest BCUT2D eigenvalue weighted by Crippen LogP contribution is -2.28. The molecular weight excluding hydrogens is 280 g/mol. The Bertz CT molecular complexity index is 630. The number of nitrogens with one attached hydrogen (secondary N) is 2. The number of carbonyl (C=O) groups is 1. The first-order valence-electron chi connectivity index (χ1n) is 6.06. The van der Waals surface area contributed by atoms with E-state index in [0.717, 1.165) is 23.8 Å². The van der Waals surface area contributed by atoms with E-state index in [-0.39, 0.29) is 12.2 Å². The van der Waals surface area contributed by atoms with E-state index in [9.17, 15) is 13.6 Å². The topological polar surface area (TPSA) is 63.2 Å². The summed E-state index contributed by atoms with van der Waals surface area (Å²) in [5, 5.41) is 4.90. The van der Waals surface area contributed by atoms with Crippen molar-refractivity contribution in [1.82, 2.24) is 10.3 Å². The Hall–Kier alpha value is -2.70. The van der Waals surface area contributed by atoms with Gasteiger partial charge in [-0.3, -0.25) is 0 Å². The van der Waals surface area contributed by atoms with Crippen molar-refractivity contribution in [1.29, 1.82) is 0 Å². The van der Waals surface area contributed by atoms with Crippen molar-refractivity contribution in [3.8, 4) is 5.88 Å². The lowest BCUT2D eigenvalue weighted by Gasteiger charge is -2.08. The van der Waals surface area contributed by atoms with Gasteiger partial charge in [-0.25, -0.2) is 18.6 Å². The van der Waals surface area contributed by atoms with Crippen molar-refractivity contribution >= 4 is 11.7 Å². The van der Waals surface area contributed by atoms with Crippen LogP contribution in [-0.2, 0) is 6.54 Å². The number of rotatable bonds is 4. The molecule has 0 fully saturated rings. The van der Waals surface area contributed by atoms with Crippen molar-refractivity contribution in [2.75, 3.05) is 12.4 Å². The standard InChI is InChI=1S/C14H13F2N3O2/c1-21-13-4-9(2-3-17-13)8-18-14(20)19-12-6-10(15)5-11(16)7-12/h2-7H,8H2,1H3,(H2,18,19,20). The Kier molecular flexibility index (Phi) is 4.65. The molecule has 0 unspecified atom stereocenters. The fraction of sp³-hybridized carbons (Fsp3) is 0.143. The minimum absolute atomic E-state index is 0.0392. The molecule has 0 aliphatic rings. The molecule has 0 radical (unpaired) electrons. The number of nitrogens with zero attached hydrogens (tertiary/aromatic N) is 1. The molecule has 0 spiro atoms. The summed E-state index contributed by atoms with van der Waals surface area (Å²) in [4.78, 5) is 15.6. The lowest BCUT2D eigenvalue weighted by molar-refractivity contribution is 0.251. The Balaban J connectivity index is 1.92. The normalized spacial score (nSPS) is 10.0. The number of aromatic nitrogens is 1. The largest absolute Gasteiger partial charge is 0.481 e. The van der Waals surface area contributed by atoms with Crippen LogP contribution in [0, 0.1) is 11.6 Å². The van der Waals surface area contributed by atoms with Gasteiger partial charge in [0.15, 0.2) is 0 Å². The number of urea groups is 1. The van der Waals surface area contributed by atoms with Gasteiger partial charge in [0, 0.05) is 30.6 Å². The van der Waals surface area contributed by atoms with Gasteiger partial charge in [-0.2, -0.15) is 0 Å². The van der Waals surface area contributed by atoms with Gasteiger partial charge in [0.2, 0.25) is 5.88 Å². The number of ether oxygens (including phenoxy) is 1. The minimum atomic E-state index is -0.760. The molecule has 110 valence electrons. The Labute approximate surface area is 120 Å². The summed E-state index contributed by atoms with van der Waals surface area (Å²) in [6, 6.07) is 5.59. The summed E-state index contributed by atoms with van der Waals surface area (Å²) < 4.78 is 30.9. The van der Waals surface area contributed by atoms with Gasteiger partial charge >= 0.3 is 6.03 Å². The lowest BCUT2D eigenvalue weighted by atomic mass is 10.2. The van der Waals surface area contributed by atoms with Crippen LogP contribution in [0.4, 0.5) is 19.3 Å². The second-order valence-electron chi connectivity index (χ2n) is 4.17. The predicted octanol–water partition coefficient (Wildman–Crippen LogP) is 2.69. The molecule has 1 aromatic heterocycles. The van der Waals surface area contributed by atoms with Crippen LogP contribution in [0.1, 0.15) is 5.56 Å². The molecular formula is C14H13F2N3O2. The van der Waals surface area contributed by atoms with Crippen molar-refractivity contribution in [2.24, 2.45) is 0 Å². The summed E-state index contributed by atoms with van der Waals surface area (Å²) in [6.07, 6.45) is 1.55. The fourth-order valence-corrected chi connectivity index (χ4v) is 1.66. The number of halogens is 2. The minimum Gasteiger partial charge on any atom is -0.481 e. The van der Waals surface area contributed by atoms with Crippen LogP contribution in [0.5, 0.6) is 5.88 Å². The number of hydrogen-bond donors (Lipinski definition) is 2. The molecule has 2 rings (SSSR count). The first kappa shape index (κ1) is 14.7. The third-order valence-electron chi connectivity index (χ3n) is 2.58. The number of benzene rings is 1. The second kappa shape index (κ2) is 6.65. The molecule has 1 heterocycles. The van der Waals surface area contributed by atoms with E-state index in [1.807, 2.05) is 0 Å². The number of hydrogen-bond acceptors (Lipinski definition) is 3. The summed E-state index contributed by atoms with van der Waals surface area (Å²) in [7, 11) is 1.49. The molecule has 0 aliphatic carbocycles. The van der Waals surface area contributed by atoms with Crippen molar-refractivity contribution in [3.05, 3.63) is 53.7 Å². The quantitative estimate of drug-likeness (QED) is 0.911. The summed E-state index contributed by atoms with van der Waals surface area (Å²) >= 11 is 0. The predicted molar refractivity (Wildman–Crippen MR) is 73.0 cm³/mol. The van der Waals surface area contributed by atoms with E-state index in [1.54, 1.807) is 18.3 Å². The van der Waals surface area contributed by atoms with Gasteiger partial charge < -0.3 is 15.4 Å². The van der Waals surface area contributed by atoms with E-state index in [4.69, 9.17) is 4.74 Å². The zero-order valence-corrected chi connectivity index (χ0v) is 11.2. The average molecular weight is 293 g/mol. The highest BCUT2D eigenvalue weighted by molar-refractivity contribution is 5.89. The number of anilines is 1. The van der Waals surface area contributed by atoms with Gasteiger partial charge in [-0.05, 0) is 23.8 Å². The maximum absolute atomic E-state index is 13.0. The zero-order valence-electron chi connectivity index (χ0n) is 11.2. The van der Waals surface area contributed by atoms with E-state index in [0.29, 0.717) is 5.88 Å². The van der Waals surface area contributed by atoms with Crippen molar-refractivity contribution < 1.29 is 18.3 Å². The fourth-order valence-electron chi connectivity index (χ4n) is 1.66. The molecule has 7 heteroatoms. The first-order valence-corrected chi connectivity index (χ1v) is 6.06. The average Bonchev–Trinajstić information content (AvgIpc) is 2.44. The molecule has 2 aromatic rings. The summed E-state index contributed by atoms with van der Waals surface area (Å²) in [5.74, 6) is -1.09. The van der Waals surface area contributed by atoms with Crippen LogP contribution in [-0.4, -0.2) is 18.1 Å². The summed E-state index contributed by atoms with van der Waals surface area (Å²) in [5.41, 5.74) is 0.819. The Morgan fingerprint density at radius 2 is 1.95 bits per heavy atom. The van der Waals surface area contributed by atoms with Crippen LogP contribution in [0.25, 0.3) is 0 Å². The molecule has 1 aromatic carbocycles. The van der Waals surface area contributed by atoms with E-state index in [1.165, 1.54) is 7.11 Å². The van der Waals surface area contributed by atoms with Crippen LogP contribution < -0.4 is 15.4 Å². The molecule has 0 aliphatic heterocycles. The Morgan fingerprint density at radius 1 is 1.24 bits per heavy atom. The molecule has 21 heavy (non-hydrogen) atoms. The smallest absolute Gasteiger partial charge is 0.319 e. The van der Waals surface area contributed by atoms with Gasteiger partial charge in [-0.15, -0.1) is 0 Å². The van der Waals surface area contributed by atoms with E-state index < -0.39 is 17.7 Å². The molecule has 2 amide bonds. The highest BCUT2D eigenvalue weighted by Crippen LogP contribution is 2.13. The molecule has 5 nitrogen and oxygen atoms in total. The van der Waals surface area contributed by atoms with Gasteiger partial charge in [0.1, 0.15) is 11.6 Å². The van der Waals surface area contributed by atoms with Gasteiger partial charge in [-0.1, -0.05) is 0 Å². The maximum Gasteiger partial charge on any atom is 0.319 e. The molecule has 2 N–H and O–H groups in total. The van der Waals surface area contributed by atoms with Crippen LogP contribution in [0.15, 0.2) is 36.5 Å². The third-order valence-corrected chi connectivity index (χ3v) is 2.58. The highest BCUT2D eigenvalue weighted by atomic mass is 19.1. The number of amides is 2. The van der Waals surface area contributed by atoms with Crippen LogP contribution in [0.2, 0.25) is 0 Å². The molecule has 0 atom stereocenters. The monoisotopic (exact) mass is 293 g/mol. The van der Waals surface area contributed by atoms with Crippen molar-refractivity contribution in [3.63, 3.8) is 0 Å². The third kappa shape index (κ3) is 4.41. The van der Waals surface area contributed by atoms with E-state index in [2.05, 4.69) is 15.6 Å². The Morgan fingerprint density at radius 3 is 2.62 bits per heavy atom. The summed E-state index contributed by atoms with van der Waals surface area (Å²) in [6.45, 7) is 0.225. The first-order chi connectivity index (χ1) is 10.1. The van der Waals surface area contributed by atoms with Gasteiger partial charge in [0.25, 0.3) is 0 Å². The molecule has 0 saturated heterocycles. The number of pyridine rings is 1. The highest BCUT2D eigenvalue weighted by Gasteiger charge is 2.05. The van der Waals surface area contributed by atoms with Crippen LogP contribution in [0.3, 0.4) is 0 Å². The number of carbonyl (C=O) groups excluding carboxylic acids is 1. The van der Waals surface area contributed by atoms with Crippen LogP contribution >= 0.6 is 0 Å². The van der Waals surface area contributed by atoms with E-state index >= 15 is 0 Å². The molecule has 0 saturated carbocycles. The SMILES string of the molecule is COc1cc(CNC(=O)Nc2cc(F)cc(F)c2)ccn1. The van der Waals surface area contributed by atoms with Gasteiger partial charge in [0.05, 0.1) is 7.11 Å².